The summed E-state index contributed by atoms with van der Waals surface area (Å²) in [7, 11) is 1.26. The second-order valence-corrected chi connectivity index (χ2v) is 4.09. The minimum atomic E-state index is -0.776. The Morgan fingerprint density at radius 3 is 2.30 bits per heavy atom. The first kappa shape index (κ1) is 16.0. The third-order valence-electron chi connectivity index (χ3n) is 2.54. The number of nitrogens with zero attached hydrogens (tertiary/aromatic N) is 1. The lowest BCUT2D eigenvalue weighted by Gasteiger charge is -2.18. The molecule has 0 atom stereocenters. The monoisotopic (exact) mass is 286 g/mol. The van der Waals surface area contributed by atoms with Gasteiger partial charge in [0, 0.05) is 11.8 Å². The van der Waals surface area contributed by atoms with E-state index in [9.17, 15) is 18.4 Å². The van der Waals surface area contributed by atoms with E-state index in [-0.39, 0.29) is 18.8 Å². The zero-order valence-corrected chi connectivity index (χ0v) is 11.3. The molecule has 0 bridgehead atoms. The summed E-state index contributed by atoms with van der Waals surface area (Å²) >= 11 is 0. The summed E-state index contributed by atoms with van der Waals surface area (Å²) in [5.74, 6) is -2.48. The minimum absolute atomic E-state index is 0.0293. The number of methoxy groups -OCH3 is 1. The number of amides is 1. The fraction of sp³-hybridized carbons (Fsp3) is 0.385. The molecule has 5 nitrogen and oxygen atoms in total. The molecule has 1 N–H and O–H groups in total. The van der Waals surface area contributed by atoms with E-state index in [0.717, 1.165) is 12.1 Å². The largest absolute Gasteiger partial charge is 0.468 e. The molecule has 20 heavy (non-hydrogen) atoms. The number of esters is 1. The molecule has 0 heterocycles. The van der Waals surface area contributed by atoms with Gasteiger partial charge in [-0.15, -0.1) is 0 Å². The molecule has 0 saturated carbocycles. The summed E-state index contributed by atoms with van der Waals surface area (Å²) in [5, 5.41) is 2.37. The van der Waals surface area contributed by atoms with Crippen molar-refractivity contribution in [2.24, 2.45) is 0 Å². The lowest BCUT2D eigenvalue weighted by Crippen LogP contribution is -2.37. The Morgan fingerprint density at radius 2 is 1.80 bits per heavy atom. The maximum absolute atomic E-state index is 13.0. The second kappa shape index (κ2) is 7.54. The molecule has 1 aromatic rings. The number of hydrogen-bond acceptors (Lipinski definition) is 4. The lowest BCUT2D eigenvalue weighted by atomic mass is 10.3. The van der Waals surface area contributed by atoms with Gasteiger partial charge in [-0.25, -0.2) is 8.78 Å². The Bertz CT molecular complexity index is 474. The van der Waals surface area contributed by atoms with Crippen LogP contribution in [0.5, 0.6) is 0 Å². The van der Waals surface area contributed by atoms with Crippen LogP contribution in [0.2, 0.25) is 0 Å². The van der Waals surface area contributed by atoms with Gasteiger partial charge in [0.2, 0.25) is 5.91 Å². The topological polar surface area (TPSA) is 58.6 Å². The highest BCUT2D eigenvalue weighted by molar-refractivity contribution is 5.92. The van der Waals surface area contributed by atoms with Crippen molar-refractivity contribution in [3.63, 3.8) is 0 Å². The van der Waals surface area contributed by atoms with Crippen LogP contribution < -0.4 is 5.32 Å². The Kier molecular flexibility index (Phi) is 6.05. The first-order valence-corrected chi connectivity index (χ1v) is 5.99. The van der Waals surface area contributed by atoms with E-state index in [0.29, 0.717) is 12.6 Å². The van der Waals surface area contributed by atoms with Gasteiger partial charge in [-0.05, 0) is 18.7 Å². The van der Waals surface area contributed by atoms with Crippen molar-refractivity contribution in [2.45, 2.75) is 6.92 Å². The molecule has 0 radical (unpaired) electrons. The highest BCUT2D eigenvalue weighted by atomic mass is 19.1. The number of rotatable bonds is 6. The number of anilines is 1. The molecule has 1 rings (SSSR count). The van der Waals surface area contributed by atoms with Gasteiger partial charge in [-0.1, -0.05) is 6.92 Å². The molecular weight excluding hydrogens is 270 g/mol. The van der Waals surface area contributed by atoms with Crippen molar-refractivity contribution < 1.29 is 23.1 Å². The standard InChI is InChI=1S/C13H16F2N2O3/c1-3-17(8-13(19)20-2)7-12(18)16-11-5-9(14)4-10(15)6-11/h4-6H,3,7-8H2,1-2H3,(H,16,18). The first-order chi connectivity index (χ1) is 9.44. The average Bonchev–Trinajstić information content (AvgIpc) is 2.36. The number of halogens is 2. The number of nitrogens with one attached hydrogen (secondary N) is 1. The molecule has 0 saturated heterocycles. The van der Waals surface area contributed by atoms with Crippen LogP contribution in [0.15, 0.2) is 18.2 Å². The van der Waals surface area contributed by atoms with Crippen LogP contribution in [-0.4, -0.2) is 43.5 Å². The zero-order chi connectivity index (χ0) is 15.1. The summed E-state index contributed by atoms with van der Waals surface area (Å²) in [6.07, 6.45) is 0. The molecule has 0 aliphatic heterocycles. The zero-order valence-electron chi connectivity index (χ0n) is 11.3. The quantitative estimate of drug-likeness (QED) is 0.803. The van der Waals surface area contributed by atoms with Gasteiger partial charge in [0.1, 0.15) is 11.6 Å². The van der Waals surface area contributed by atoms with Crippen molar-refractivity contribution in [3.8, 4) is 0 Å². The maximum Gasteiger partial charge on any atom is 0.319 e. The fourth-order valence-corrected chi connectivity index (χ4v) is 1.56. The van der Waals surface area contributed by atoms with Crippen LogP contribution in [0, 0.1) is 11.6 Å². The van der Waals surface area contributed by atoms with Gasteiger partial charge in [0.05, 0.1) is 20.2 Å². The van der Waals surface area contributed by atoms with E-state index in [2.05, 4.69) is 10.1 Å². The molecule has 0 fully saturated rings. The first-order valence-electron chi connectivity index (χ1n) is 5.99. The van der Waals surface area contributed by atoms with Crippen molar-refractivity contribution in [2.75, 3.05) is 32.1 Å². The summed E-state index contributed by atoms with van der Waals surface area (Å²) in [5.41, 5.74) is 0.0293. The summed E-state index contributed by atoms with van der Waals surface area (Å²) in [6.45, 7) is 2.12. The van der Waals surface area contributed by atoms with Crippen molar-refractivity contribution in [3.05, 3.63) is 29.8 Å². The highest BCUT2D eigenvalue weighted by Crippen LogP contribution is 2.12. The van der Waals surface area contributed by atoms with E-state index >= 15 is 0 Å². The maximum atomic E-state index is 13.0. The van der Waals surface area contributed by atoms with Gasteiger partial charge in [0.25, 0.3) is 0 Å². The lowest BCUT2D eigenvalue weighted by molar-refractivity contribution is -0.142. The summed E-state index contributed by atoms with van der Waals surface area (Å²) in [6, 6.07) is 2.74. The van der Waals surface area contributed by atoms with Gasteiger partial charge in [-0.3, -0.25) is 14.5 Å². The fourth-order valence-electron chi connectivity index (χ4n) is 1.56. The molecule has 1 amide bonds. The molecule has 7 heteroatoms. The Morgan fingerprint density at radius 1 is 1.20 bits per heavy atom. The molecule has 0 aromatic heterocycles. The SMILES string of the molecule is CCN(CC(=O)Nc1cc(F)cc(F)c1)CC(=O)OC. The third kappa shape index (κ3) is 5.31. The summed E-state index contributed by atoms with van der Waals surface area (Å²) < 4.78 is 30.4. The van der Waals surface area contributed by atoms with Gasteiger partial charge < -0.3 is 10.1 Å². The molecule has 0 spiro atoms. The van der Waals surface area contributed by atoms with E-state index < -0.39 is 23.5 Å². The van der Waals surface area contributed by atoms with Crippen molar-refractivity contribution in [1.29, 1.82) is 0 Å². The number of carbonyl (C=O) groups is 2. The van der Waals surface area contributed by atoms with Crippen LogP contribution in [0.1, 0.15) is 6.92 Å². The van der Waals surface area contributed by atoms with Gasteiger partial charge in [0.15, 0.2) is 0 Å². The normalized spacial score (nSPS) is 10.4. The van der Waals surface area contributed by atoms with Crippen LogP contribution in [0.4, 0.5) is 14.5 Å². The minimum Gasteiger partial charge on any atom is -0.468 e. The molecule has 110 valence electrons. The number of benzene rings is 1. The van der Waals surface area contributed by atoms with Crippen LogP contribution in [0.25, 0.3) is 0 Å². The Balaban J connectivity index is 2.59. The van der Waals surface area contributed by atoms with Crippen LogP contribution in [-0.2, 0) is 14.3 Å². The van der Waals surface area contributed by atoms with Crippen molar-refractivity contribution in [1.82, 2.24) is 4.90 Å². The van der Waals surface area contributed by atoms with E-state index in [1.165, 1.54) is 12.0 Å². The molecular formula is C13H16F2N2O3. The second-order valence-electron chi connectivity index (χ2n) is 4.09. The van der Waals surface area contributed by atoms with E-state index in [1.807, 2.05) is 0 Å². The molecule has 0 aliphatic rings. The number of hydrogen-bond donors (Lipinski definition) is 1. The smallest absolute Gasteiger partial charge is 0.319 e. The van der Waals surface area contributed by atoms with Crippen LogP contribution in [0.3, 0.4) is 0 Å². The van der Waals surface area contributed by atoms with Gasteiger partial charge in [-0.2, -0.15) is 0 Å². The molecule has 0 unspecified atom stereocenters. The third-order valence-corrected chi connectivity index (χ3v) is 2.54. The predicted molar refractivity (Wildman–Crippen MR) is 69.1 cm³/mol. The number of carbonyl (C=O) groups excluding carboxylic acids is 2. The summed E-state index contributed by atoms with van der Waals surface area (Å²) in [4.78, 5) is 24.4. The molecule has 1 aromatic carbocycles. The number of likely N-dealkylation sites (N-methyl/N-ethyl adjacent to an activating group) is 1. The van der Waals surface area contributed by atoms with Gasteiger partial charge >= 0.3 is 5.97 Å². The van der Waals surface area contributed by atoms with E-state index in [4.69, 9.17) is 0 Å². The van der Waals surface area contributed by atoms with E-state index in [1.54, 1.807) is 6.92 Å². The average molecular weight is 286 g/mol. The highest BCUT2D eigenvalue weighted by Gasteiger charge is 2.13. The Labute approximate surface area is 115 Å². The van der Waals surface area contributed by atoms with Crippen molar-refractivity contribution >= 4 is 17.6 Å². The Hall–Kier alpha value is -2.02. The predicted octanol–water partition coefficient (Wildman–Crippen LogP) is 1.40. The molecule has 0 aliphatic carbocycles. The number of ether oxygens (including phenoxy) is 1. The van der Waals surface area contributed by atoms with Crippen LogP contribution >= 0.6 is 0 Å².